The van der Waals surface area contributed by atoms with E-state index in [2.05, 4.69) is 42.5 Å². The summed E-state index contributed by atoms with van der Waals surface area (Å²) in [5.74, 6) is 0.172. The first-order chi connectivity index (χ1) is 16.1. The molecule has 0 aliphatic heterocycles. The highest BCUT2D eigenvalue weighted by Crippen LogP contribution is 2.26. The predicted octanol–water partition coefficient (Wildman–Crippen LogP) is 3.80. The van der Waals surface area contributed by atoms with E-state index in [-0.39, 0.29) is 12.0 Å². The fourth-order valence-corrected chi connectivity index (χ4v) is 3.98. The minimum Gasteiger partial charge on any atom is -0.473 e. The lowest BCUT2D eigenvalue weighted by Gasteiger charge is -2.22. The molecule has 4 rings (SSSR count). The number of carbonyl (C=O) groups excluding carboxylic acids is 1. The van der Waals surface area contributed by atoms with Crippen molar-refractivity contribution in [3.05, 3.63) is 84.3 Å². The summed E-state index contributed by atoms with van der Waals surface area (Å²) in [5.41, 5.74) is 2.51. The maximum Gasteiger partial charge on any atom is 0.259 e. The van der Waals surface area contributed by atoms with Crippen molar-refractivity contribution in [2.75, 3.05) is 26.0 Å². The van der Waals surface area contributed by atoms with E-state index in [0.29, 0.717) is 21.6 Å². The Bertz CT molecular complexity index is 1170. The minimum absolute atomic E-state index is 0.0671. The van der Waals surface area contributed by atoms with Gasteiger partial charge in [0.25, 0.3) is 5.91 Å². The van der Waals surface area contributed by atoms with Crippen LogP contribution in [0.3, 0.4) is 0 Å². The van der Waals surface area contributed by atoms with Crippen LogP contribution in [-0.4, -0.2) is 57.7 Å². The van der Waals surface area contributed by atoms with Crippen LogP contribution in [-0.2, 0) is 6.42 Å². The molecule has 168 valence electrons. The number of anilines is 1. The van der Waals surface area contributed by atoms with Gasteiger partial charge in [-0.3, -0.25) is 15.1 Å². The lowest BCUT2D eigenvalue weighted by molar-refractivity contribution is 0.102. The third-order valence-electron chi connectivity index (χ3n) is 4.73. The van der Waals surface area contributed by atoms with Crippen molar-refractivity contribution in [3.63, 3.8) is 0 Å². The number of benzene rings is 1. The Kier molecular flexibility index (Phi) is 7.33. The van der Waals surface area contributed by atoms with Crippen molar-refractivity contribution in [1.82, 2.24) is 25.1 Å². The van der Waals surface area contributed by atoms with Gasteiger partial charge in [0.05, 0.1) is 5.56 Å². The highest BCUT2D eigenvalue weighted by Gasteiger charge is 2.15. The average Bonchev–Trinajstić information content (AvgIpc) is 3.29. The molecule has 0 aliphatic rings. The average molecular weight is 461 g/mol. The summed E-state index contributed by atoms with van der Waals surface area (Å²) in [6.07, 6.45) is 5.58. The van der Waals surface area contributed by atoms with Crippen molar-refractivity contribution in [2.24, 2.45) is 0 Å². The molecular weight excluding hydrogens is 436 g/mol. The van der Waals surface area contributed by atoms with Gasteiger partial charge in [0, 0.05) is 43.2 Å². The van der Waals surface area contributed by atoms with Crippen molar-refractivity contribution >= 4 is 22.4 Å². The van der Waals surface area contributed by atoms with Crippen LogP contribution < -0.4 is 10.1 Å². The number of pyridine rings is 2. The third kappa shape index (κ3) is 6.41. The molecule has 1 N–H and O–H groups in total. The quantitative estimate of drug-likeness (QED) is 0.406. The van der Waals surface area contributed by atoms with Crippen LogP contribution in [0.4, 0.5) is 5.13 Å². The van der Waals surface area contributed by atoms with E-state index in [9.17, 15) is 4.79 Å². The van der Waals surface area contributed by atoms with Crippen LogP contribution >= 0.6 is 11.3 Å². The van der Waals surface area contributed by atoms with Crippen molar-refractivity contribution in [2.45, 2.75) is 12.5 Å². The minimum atomic E-state index is -0.305. The molecule has 4 aromatic rings. The Morgan fingerprint density at radius 2 is 1.85 bits per heavy atom. The third-order valence-corrected chi connectivity index (χ3v) is 5.62. The SMILES string of the molecule is CN(C)C[C@@H](Cc1ccccc1)Oc1ccc(C(=O)Nc2nnc(-c3ccncc3)s2)cn1. The number of aromatic nitrogens is 4. The Labute approximate surface area is 196 Å². The smallest absolute Gasteiger partial charge is 0.259 e. The van der Waals surface area contributed by atoms with E-state index in [0.717, 1.165) is 18.5 Å². The molecule has 0 radical (unpaired) electrons. The Hall–Kier alpha value is -3.69. The number of nitrogens with one attached hydrogen (secondary N) is 1. The molecule has 0 unspecified atom stereocenters. The molecule has 8 nitrogen and oxygen atoms in total. The molecule has 0 bridgehead atoms. The standard InChI is InChI=1S/C24H24N6O2S/c1-30(2)16-20(14-17-6-4-3-5-7-17)32-21-9-8-19(15-26-21)22(31)27-24-29-28-23(33-24)18-10-12-25-13-11-18/h3-13,15,20H,14,16H2,1-2H3,(H,27,29,31)/t20-/m1/s1. The fraction of sp³-hybridized carbons (Fsp3) is 0.208. The second-order valence-corrected chi connectivity index (χ2v) is 8.66. The lowest BCUT2D eigenvalue weighted by atomic mass is 10.1. The van der Waals surface area contributed by atoms with Crippen LogP contribution in [0.5, 0.6) is 5.88 Å². The number of nitrogens with zero attached hydrogens (tertiary/aromatic N) is 5. The summed E-state index contributed by atoms with van der Waals surface area (Å²) in [6.45, 7) is 0.746. The van der Waals surface area contributed by atoms with Gasteiger partial charge in [-0.15, -0.1) is 10.2 Å². The lowest BCUT2D eigenvalue weighted by Crippen LogP contribution is -2.32. The van der Waals surface area contributed by atoms with E-state index < -0.39 is 0 Å². The van der Waals surface area contributed by atoms with Crippen LogP contribution in [0.25, 0.3) is 10.6 Å². The maximum atomic E-state index is 12.6. The second-order valence-electron chi connectivity index (χ2n) is 7.68. The van der Waals surface area contributed by atoms with Gasteiger partial charge in [0.15, 0.2) is 0 Å². The van der Waals surface area contributed by atoms with Gasteiger partial charge in [-0.1, -0.05) is 41.7 Å². The second kappa shape index (κ2) is 10.8. The molecule has 3 aromatic heterocycles. The van der Waals surface area contributed by atoms with E-state index in [1.165, 1.54) is 23.1 Å². The number of likely N-dealkylation sites (N-methyl/N-ethyl adjacent to an activating group) is 1. The summed E-state index contributed by atoms with van der Waals surface area (Å²) in [5, 5.41) is 12.1. The summed E-state index contributed by atoms with van der Waals surface area (Å²) < 4.78 is 6.12. The number of hydrogen-bond acceptors (Lipinski definition) is 8. The molecule has 0 saturated heterocycles. The predicted molar refractivity (Wildman–Crippen MR) is 128 cm³/mol. The van der Waals surface area contributed by atoms with E-state index in [1.54, 1.807) is 24.5 Å². The molecule has 0 aliphatic carbocycles. The summed E-state index contributed by atoms with van der Waals surface area (Å²) in [4.78, 5) is 23.0. The van der Waals surface area contributed by atoms with Crippen LogP contribution in [0, 0.1) is 0 Å². The number of carbonyl (C=O) groups is 1. The zero-order valence-corrected chi connectivity index (χ0v) is 19.2. The van der Waals surface area contributed by atoms with E-state index in [1.807, 2.05) is 44.4 Å². The molecule has 1 atom stereocenters. The first kappa shape index (κ1) is 22.5. The molecule has 0 fully saturated rings. The molecular formula is C24H24N6O2S. The van der Waals surface area contributed by atoms with Gasteiger partial charge in [-0.25, -0.2) is 4.98 Å². The van der Waals surface area contributed by atoms with Gasteiger partial charge in [-0.05, 0) is 37.9 Å². The first-order valence-corrected chi connectivity index (χ1v) is 11.2. The van der Waals surface area contributed by atoms with Crippen molar-refractivity contribution < 1.29 is 9.53 Å². The van der Waals surface area contributed by atoms with Crippen molar-refractivity contribution in [1.29, 1.82) is 0 Å². The monoisotopic (exact) mass is 460 g/mol. The largest absolute Gasteiger partial charge is 0.473 e. The zero-order chi connectivity index (χ0) is 23.0. The normalized spacial score (nSPS) is 11.8. The number of amides is 1. The maximum absolute atomic E-state index is 12.6. The highest BCUT2D eigenvalue weighted by atomic mass is 32.1. The Morgan fingerprint density at radius 3 is 2.55 bits per heavy atom. The van der Waals surface area contributed by atoms with Crippen LogP contribution in [0.2, 0.25) is 0 Å². The summed E-state index contributed by atoms with van der Waals surface area (Å²) in [6, 6.07) is 17.3. The molecule has 9 heteroatoms. The Morgan fingerprint density at radius 1 is 1.06 bits per heavy atom. The molecule has 3 heterocycles. The molecule has 0 saturated carbocycles. The van der Waals surface area contributed by atoms with Crippen LogP contribution in [0.15, 0.2) is 73.2 Å². The van der Waals surface area contributed by atoms with Crippen molar-refractivity contribution in [3.8, 4) is 16.5 Å². The van der Waals surface area contributed by atoms with Gasteiger partial charge < -0.3 is 9.64 Å². The highest BCUT2D eigenvalue weighted by molar-refractivity contribution is 7.18. The van der Waals surface area contributed by atoms with Gasteiger partial charge in [-0.2, -0.15) is 0 Å². The molecule has 33 heavy (non-hydrogen) atoms. The first-order valence-electron chi connectivity index (χ1n) is 10.4. The van der Waals surface area contributed by atoms with Gasteiger partial charge in [0.1, 0.15) is 11.1 Å². The van der Waals surface area contributed by atoms with Gasteiger partial charge in [0.2, 0.25) is 11.0 Å². The molecule has 1 aromatic carbocycles. The topological polar surface area (TPSA) is 93.1 Å². The van der Waals surface area contributed by atoms with Crippen LogP contribution in [0.1, 0.15) is 15.9 Å². The van der Waals surface area contributed by atoms with Gasteiger partial charge >= 0.3 is 0 Å². The van der Waals surface area contributed by atoms with E-state index in [4.69, 9.17) is 4.74 Å². The molecule has 0 spiro atoms. The number of rotatable bonds is 9. The number of hydrogen-bond donors (Lipinski definition) is 1. The summed E-state index contributed by atoms with van der Waals surface area (Å²) in [7, 11) is 4.02. The molecule has 1 amide bonds. The zero-order valence-electron chi connectivity index (χ0n) is 18.4. The van der Waals surface area contributed by atoms with E-state index >= 15 is 0 Å². The number of ether oxygens (including phenoxy) is 1. The Balaban J connectivity index is 1.38. The fourth-order valence-electron chi connectivity index (χ4n) is 3.24. The summed E-state index contributed by atoms with van der Waals surface area (Å²) >= 11 is 1.30.